The lowest BCUT2D eigenvalue weighted by atomic mass is 10.2. The number of furan rings is 1. The summed E-state index contributed by atoms with van der Waals surface area (Å²) in [5.74, 6) is 1.38. The predicted molar refractivity (Wildman–Crippen MR) is 103 cm³/mol. The van der Waals surface area contributed by atoms with Crippen LogP contribution in [0.5, 0.6) is 5.75 Å². The number of nitrogens with zero attached hydrogens (tertiary/aromatic N) is 1. The third kappa shape index (κ3) is 3.23. The first-order valence-corrected chi connectivity index (χ1v) is 8.88. The maximum absolute atomic E-state index is 12.3. The minimum absolute atomic E-state index is 0.245. The summed E-state index contributed by atoms with van der Waals surface area (Å²) in [6, 6.07) is 13.4. The van der Waals surface area contributed by atoms with Gasteiger partial charge >= 0.3 is 0 Å². The van der Waals surface area contributed by atoms with Crippen LogP contribution in [-0.2, 0) is 13.1 Å². The van der Waals surface area contributed by atoms with Crippen LogP contribution in [0.25, 0.3) is 22.1 Å². The normalized spacial score (nSPS) is 11.3. The number of hydrogen-bond acceptors (Lipinski definition) is 5. The molecule has 2 heterocycles. The maximum atomic E-state index is 12.3. The summed E-state index contributed by atoms with van der Waals surface area (Å²) >= 11 is 3.44. The Hall–Kier alpha value is -2.64. The van der Waals surface area contributed by atoms with Crippen molar-refractivity contribution in [2.75, 3.05) is 7.11 Å². The zero-order chi connectivity index (χ0) is 18.1. The highest BCUT2D eigenvalue weighted by molar-refractivity contribution is 9.10. The van der Waals surface area contributed by atoms with E-state index in [0.29, 0.717) is 30.0 Å². The van der Waals surface area contributed by atoms with Gasteiger partial charge in [0.25, 0.3) is 5.56 Å². The van der Waals surface area contributed by atoms with Crippen molar-refractivity contribution in [3.8, 4) is 5.75 Å². The van der Waals surface area contributed by atoms with E-state index in [1.807, 2.05) is 42.5 Å². The van der Waals surface area contributed by atoms with Gasteiger partial charge in [0.2, 0.25) is 5.58 Å². The monoisotopic (exact) mass is 413 g/mol. The molecule has 0 aliphatic carbocycles. The predicted octanol–water partition coefficient (Wildman–Crippen LogP) is 3.73. The molecule has 2 aromatic carbocycles. The lowest BCUT2D eigenvalue weighted by Crippen LogP contribution is -2.19. The molecule has 4 aromatic rings. The summed E-state index contributed by atoms with van der Waals surface area (Å²) in [6.07, 6.45) is 0. The van der Waals surface area contributed by atoms with Crippen LogP contribution in [0.1, 0.15) is 11.4 Å². The van der Waals surface area contributed by atoms with Crippen LogP contribution in [0, 0.1) is 0 Å². The Bertz CT molecular complexity index is 1150. The summed E-state index contributed by atoms with van der Waals surface area (Å²) in [6.45, 7) is 1.07. The molecule has 0 aliphatic rings. The van der Waals surface area contributed by atoms with Gasteiger partial charge in [-0.3, -0.25) is 4.79 Å². The molecule has 0 radical (unpaired) electrons. The largest absolute Gasteiger partial charge is 0.497 e. The number of rotatable bonds is 5. The highest BCUT2D eigenvalue weighted by atomic mass is 79.9. The molecule has 0 unspecified atom stereocenters. The molecule has 26 heavy (non-hydrogen) atoms. The minimum atomic E-state index is -0.277. The summed E-state index contributed by atoms with van der Waals surface area (Å²) in [5, 5.41) is 4.10. The average molecular weight is 414 g/mol. The number of aromatic amines is 1. The van der Waals surface area contributed by atoms with E-state index in [0.717, 1.165) is 21.2 Å². The van der Waals surface area contributed by atoms with E-state index in [1.54, 1.807) is 7.11 Å². The van der Waals surface area contributed by atoms with Crippen LogP contribution in [0.3, 0.4) is 0 Å². The van der Waals surface area contributed by atoms with Gasteiger partial charge < -0.3 is 19.5 Å². The Morgan fingerprint density at radius 2 is 2.12 bits per heavy atom. The molecular weight excluding hydrogens is 398 g/mol. The van der Waals surface area contributed by atoms with Crippen molar-refractivity contribution >= 4 is 38.0 Å². The summed E-state index contributed by atoms with van der Waals surface area (Å²) < 4.78 is 11.8. The van der Waals surface area contributed by atoms with E-state index in [1.165, 1.54) is 0 Å². The molecule has 6 nitrogen and oxygen atoms in total. The second-order valence-electron chi connectivity index (χ2n) is 5.89. The molecule has 0 aliphatic heterocycles. The van der Waals surface area contributed by atoms with Gasteiger partial charge in [0.1, 0.15) is 22.7 Å². The third-order valence-corrected chi connectivity index (χ3v) is 4.58. The van der Waals surface area contributed by atoms with E-state index in [4.69, 9.17) is 9.15 Å². The van der Waals surface area contributed by atoms with Crippen LogP contribution in [-0.4, -0.2) is 17.1 Å². The molecule has 7 heteroatoms. The van der Waals surface area contributed by atoms with Crippen molar-refractivity contribution in [2.45, 2.75) is 13.1 Å². The summed E-state index contributed by atoms with van der Waals surface area (Å²) in [5.41, 5.74) is 2.27. The minimum Gasteiger partial charge on any atom is -0.497 e. The van der Waals surface area contributed by atoms with Gasteiger partial charge in [-0.1, -0.05) is 28.1 Å². The number of nitrogens with one attached hydrogen (secondary N) is 2. The van der Waals surface area contributed by atoms with Gasteiger partial charge in [-0.05, 0) is 35.9 Å². The van der Waals surface area contributed by atoms with E-state index >= 15 is 0 Å². The molecule has 0 fully saturated rings. The molecular formula is C19H16BrN3O3. The number of hydrogen-bond donors (Lipinski definition) is 2. The molecule has 2 N–H and O–H groups in total. The molecule has 0 saturated heterocycles. The number of benzene rings is 2. The van der Waals surface area contributed by atoms with E-state index in [-0.39, 0.29) is 11.1 Å². The highest BCUT2D eigenvalue weighted by Crippen LogP contribution is 2.27. The Balaban J connectivity index is 1.59. The van der Waals surface area contributed by atoms with Gasteiger partial charge in [0.15, 0.2) is 0 Å². The number of aromatic nitrogens is 2. The Morgan fingerprint density at radius 3 is 2.96 bits per heavy atom. The molecule has 0 bridgehead atoms. The van der Waals surface area contributed by atoms with Crippen molar-refractivity contribution in [1.82, 2.24) is 15.3 Å². The molecule has 0 saturated carbocycles. The van der Waals surface area contributed by atoms with Crippen LogP contribution in [0.15, 0.2) is 56.1 Å². The Labute approximate surface area is 157 Å². The van der Waals surface area contributed by atoms with Crippen molar-refractivity contribution in [3.05, 3.63) is 68.7 Å². The van der Waals surface area contributed by atoms with Crippen molar-refractivity contribution in [1.29, 1.82) is 0 Å². The van der Waals surface area contributed by atoms with Gasteiger partial charge in [-0.25, -0.2) is 4.98 Å². The standard InChI is InChI=1S/C19H16BrN3O3/c1-25-13-4-2-3-11(7-13)9-21-10-16-22-17-14-8-12(20)5-6-15(14)26-18(17)19(24)23-16/h2-8,21H,9-10H2,1H3,(H,22,23,24). The van der Waals surface area contributed by atoms with Crippen LogP contribution in [0.4, 0.5) is 0 Å². The summed E-state index contributed by atoms with van der Waals surface area (Å²) in [4.78, 5) is 19.7. The van der Waals surface area contributed by atoms with Crippen LogP contribution < -0.4 is 15.6 Å². The van der Waals surface area contributed by atoms with Gasteiger partial charge in [0, 0.05) is 16.4 Å². The maximum Gasteiger partial charge on any atom is 0.294 e. The first-order valence-electron chi connectivity index (χ1n) is 8.08. The topological polar surface area (TPSA) is 80.2 Å². The number of halogens is 1. The number of H-pyrrole nitrogens is 1. The quantitative estimate of drug-likeness (QED) is 0.520. The van der Waals surface area contributed by atoms with E-state index in [2.05, 4.69) is 31.2 Å². The van der Waals surface area contributed by atoms with Crippen molar-refractivity contribution < 1.29 is 9.15 Å². The van der Waals surface area contributed by atoms with Crippen molar-refractivity contribution in [2.24, 2.45) is 0 Å². The Kier molecular flexibility index (Phi) is 4.48. The number of methoxy groups -OCH3 is 1. The van der Waals surface area contributed by atoms with Crippen LogP contribution >= 0.6 is 15.9 Å². The SMILES string of the molecule is COc1cccc(CNCc2nc3c(oc4ccc(Br)cc43)c(=O)[nH]2)c1. The molecule has 132 valence electrons. The zero-order valence-corrected chi connectivity index (χ0v) is 15.6. The van der Waals surface area contributed by atoms with Gasteiger partial charge in [0.05, 0.1) is 13.7 Å². The third-order valence-electron chi connectivity index (χ3n) is 4.09. The van der Waals surface area contributed by atoms with Gasteiger partial charge in [-0.2, -0.15) is 0 Å². The second kappa shape index (κ2) is 6.93. The van der Waals surface area contributed by atoms with Crippen LogP contribution in [0.2, 0.25) is 0 Å². The number of fused-ring (bicyclic) bond motifs is 3. The first kappa shape index (κ1) is 16.8. The smallest absolute Gasteiger partial charge is 0.294 e. The zero-order valence-electron chi connectivity index (χ0n) is 14.0. The molecule has 0 atom stereocenters. The summed E-state index contributed by atoms with van der Waals surface area (Å²) in [7, 11) is 1.64. The fourth-order valence-electron chi connectivity index (χ4n) is 2.86. The lowest BCUT2D eigenvalue weighted by Gasteiger charge is -2.06. The first-order chi connectivity index (χ1) is 12.6. The Morgan fingerprint density at radius 1 is 1.23 bits per heavy atom. The number of ether oxygens (including phenoxy) is 1. The highest BCUT2D eigenvalue weighted by Gasteiger charge is 2.13. The fourth-order valence-corrected chi connectivity index (χ4v) is 3.22. The molecule has 2 aromatic heterocycles. The van der Waals surface area contributed by atoms with Gasteiger partial charge in [-0.15, -0.1) is 0 Å². The second-order valence-corrected chi connectivity index (χ2v) is 6.80. The average Bonchev–Trinajstić information content (AvgIpc) is 3.00. The lowest BCUT2D eigenvalue weighted by molar-refractivity contribution is 0.414. The molecule has 0 amide bonds. The fraction of sp³-hybridized carbons (Fsp3) is 0.158. The van der Waals surface area contributed by atoms with E-state index < -0.39 is 0 Å². The van der Waals surface area contributed by atoms with E-state index in [9.17, 15) is 4.79 Å². The molecule has 4 rings (SSSR count). The van der Waals surface area contributed by atoms with Crippen molar-refractivity contribution in [3.63, 3.8) is 0 Å². The molecule has 0 spiro atoms.